The zero-order valence-corrected chi connectivity index (χ0v) is 14.1. The first-order chi connectivity index (χ1) is 10.2. The fraction of sp³-hybridized carbons (Fsp3) is 0.529. The Balaban J connectivity index is 2.89. The molecule has 3 N–H and O–H groups in total. The van der Waals surface area contributed by atoms with E-state index in [-0.39, 0.29) is 17.2 Å². The van der Waals surface area contributed by atoms with Crippen LogP contribution in [-0.2, 0) is 4.79 Å². The van der Waals surface area contributed by atoms with Gasteiger partial charge in [0.05, 0.1) is 6.04 Å². The Bertz CT molecular complexity index is 531. The molecule has 1 aromatic carbocycles. The van der Waals surface area contributed by atoms with Crippen LogP contribution in [0.25, 0.3) is 0 Å². The molecule has 0 aliphatic carbocycles. The Hall–Kier alpha value is -1.88. The lowest BCUT2D eigenvalue weighted by Crippen LogP contribution is -2.45. The molecule has 1 aromatic rings. The number of hydrogen-bond donors (Lipinski definition) is 2. The van der Waals surface area contributed by atoms with Crippen LogP contribution in [-0.4, -0.2) is 35.8 Å². The number of carbonyl (C=O) groups excluding carboxylic acids is 2. The number of nitrogens with two attached hydrogens (primary N) is 1. The van der Waals surface area contributed by atoms with Crippen molar-refractivity contribution in [2.75, 3.05) is 18.4 Å². The second-order valence-corrected chi connectivity index (χ2v) is 6.39. The zero-order valence-electron chi connectivity index (χ0n) is 14.1. The van der Waals surface area contributed by atoms with Crippen molar-refractivity contribution in [2.45, 2.75) is 40.7 Å². The molecule has 0 aliphatic rings. The van der Waals surface area contributed by atoms with Gasteiger partial charge in [-0.1, -0.05) is 26.8 Å². The van der Waals surface area contributed by atoms with Gasteiger partial charge >= 0.3 is 0 Å². The molecule has 0 fully saturated rings. The first-order valence-corrected chi connectivity index (χ1v) is 7.66. The average Bonchev–Trinajstić information content (AvgIpc) is 2.46. The lowest BCUT2D eigenvalue weighted by atomic mass is 9.87. The molecule has 0 radical (unpaired) electrons. The molecule has 0 unspecified atom stereocenters. The molecule has 122 valence electrons. The van der Waals surface area contributed by atoms with E-state index >= 15 is 0 Å². The third kappa shape index (κ3) is 4.56. The average molecular weight is 305 g/mol. The summed E-state index contributed by atoms with van der Waals surface area (Å²) in [4.78, 5) is 26.2. The maximum absolute atomic E-state index is 12.3. The van der Waals surface area contributed by atoms with E-state index in [1.54, 1.807) is 29.2 Å². The molecule has 5 heteroatoms. The molecule has 0 aromatic heterocycles. The zero-order chi connectivity index (χ0) is 16.9. The molecule has 2 amide bonds. The Morgan fingerprint density at radius 1 is 1.23 bits per heavy atom. The molecule has 5 nitrogen and oxygen atoms in total. The van der Waals surface area contributed by atoms with Gasteiger partial charge in [-0.25, -0.2) is 0 Å². The third-order valence-corrected chi connectivity index (χ3v) is 3.64. The first-order valence-electron chi connectivity index (χ1n) is 7.66. The number of amides is 2. The van der Waals surface area contributed by atoms with Gasteiger partial charge in [0.25, 0.3) is 5.91 Å². The molecule has 0 saturated carbocycles. The summed E-state index contributed by atoms with van der Waals surface area (Å²) >= 11 is 0. The first kappa shape index (κ1) is 18.2. The fourth-order valence-electron chi connectivity index (χ4n) is 2.04. The highest BCUT2D eigenvalue weighted by Crippen LogP contribution is 2.19. The molecular formula is C17H27N3O2. The number of benzene rings is 1. The van der Waals surface area contributed by atoms with E-state index in [0.29, 0.717) is 24.3 Å². The highest BCUT2D eigenvalue weighted by molar-refractivity contribution is 5.98. The van der Waals surface area contributed by atoms with E-state index in [0.717, 1.165) is 0 Å². The van der Waals surface area contributed by atoms with Gasteiger partial charge < -0.3 is 16.0 Å². The van der Waals surface area contributed by atoms with E-state index < -0.39 is 6.04 Å². The molecule has 0 aliphatic heterocycles. The number of hydrogen-bond acceptors (Lipinski definition) is 3. The lowest BCUT2D eigenvalue weighted by molar-refractivity contribution is -0.119. The standard InChI is InChI=1S/C17H27N3O2/c1-6-20(7-2)16(22)12-9-8-10-13(11-12)19-15(21)14(18)17(3,4)5/h8-11,14H,6-7,18H2,1-5H3,(H,19,21)/t14-/m1/s1. The van der Waals surface area contributed by atoms with Crippen LogP contribution in [0.4, 0.5) is 5.69 Å². The van der Waals surface area contributed by atoms with Crippen molar-refractivity contribution in [1.29, 1.82) is 0 Å². The molecule has 1 atom stereocenters. The van der Waals surface area contributed by atoms with Gasteiger partial charge in [-0.15, -0.1) is 0 Å². The predicted octanol–water partition coefficient (Wildman–Crippen LogP) is 2.48. The van der Waals surface area contributed by atoms with Crippen molar-refractivity contribution in [3.05, 3.63) is 29.8 Å². The summed E-state index contributed by atoms with van der Waals surface area (Å²) in [5.74, 6) is -0.291. The number of anilines is 1. The summed E-state index contributed by atoms with van der Waals surface area (Å²) in [6, 6.07) is 6.34. The normalized spacial score (nSPS) is 12.6. The third-order valence-electron chi connectivity index (χ3n) is 3.64. The topological polar surface area (TPSA) is 75.4 Å². The van der Waals surface area contributed by atoms with E-state index in [4.69, 9.17) is 5.73 Å². The number of carbonyl (C=O) groups is 2. The van der Waals surface area contributed by atoms with Crippen molar-refractivity contribution < 1.29 is 9.59 Å². The Morgan fingerprint density at radius 2 is 1.82 bits per heavy atom. The van der Waals surface area contributed by atoms with Crippen LogP contribution in [0.2, 0.25) is 0 Å². The molecule has 0 saturated heterocycles. The molecule has 0 heterocycles. The van der Waals surface area contributed by atoms with Crippen LogP contribution < -0.4 is 11.1 Å². The summed E-state index contributed by atoms with van der Waals surface area (Å²) in [5, 5.41) is 2.78. The van der Waals surface area contributed by atoms with Gasteiger partial charge in [0.2, 0.25) is 5.91 Å². The monoisotopic (exact) mass is 305 g/mol. The number of nitrogens with zero attached hydrogens (tertiary/aromatic N) is 1. The quantitative estimate of drug-likeness (QED) is 0.877. The lowest BCUT2D eigenvalue weighted by Gasteiger charge is -2.26. The van der Waals surface area contributed by atoms with Crippen molar-refractivity contribution >= 4 is 17.5 Å². The summed E-state index contributed by atoms with van der Waals surface area (Å²) in [5.41, 5.74) is 6.77. The van der Waals surface area contributed by atoms with E-state index in [1.807, 2.05) is 34.6 Å². The summed E-state index contributed by atoms with van der Waals surface area (Å²) in [7, 11) is 0. The SMILES string of the molecule is CCN(CC)C(=O)c1cccc(NC(=O)[C@@H](N)C(C)(C)C)c1. The van der Waals surface area contributed by atoms with Crippen LogP contribution in [0.5, 0.6) is 0 Å². The summed E-state index contributed by atoms with van der Waals surface area (Å²) in [6.07, 6.45) is 0. The second kappa shape index (κ2) is 7.40. The van der Waals surface area contributed by atoms with Gasteiger partial charge in [-0.3, -0.25) is 9.59 Å². The fourth-order valence-corrected chi connectivity index (χ4v) is 2.04. The van der Waals surface area contributed by atoms with E-state index in [9.17, 15) is 9.59 Å². The van der Waals surface area contributed by atoms with Gasteiger partial charge in [0, 0.05) is 24.3 Å². The highest BCUT2D eigenvalue weighted by Gasteiger charge is 2.27. The van der Waals surface area contributed by atoms with Gasteiger partial charge in [0.15, 0.2) is 0 Å². The van der Waals surface area contributed by atoms with Crippen LogP contribution in [0.15, 0.2) is 24.3 Å². The van der Waals surface area contributed by atoms with Crippen LogP contribution in [0.3, 0.4) is 0 Å². The van der Waals surface area contributed by atoms with Crippen LogP contribution >= 0.6 is 0 Å². The van der Waals surface area contributed by atoms with Gasteiger partial charge in [-0.05, 0) is 37.5 Å². The summed E-state index contributed by atoms with van der Waals surface area (Å²) in [6.45, 7) is 10.9. The van der Waals surface area contributed by atoms with E-state index in [2.05, 4.69) is 5.32 Å². The second-order valence-electron chi connectivity index (χ2n) is 6.39. The Kier molecular flexibility index (Phi) is 6.11. The van der Waals surface area contributed by atoms with E-state index in [1.165, 1.54) is 0 Å². The van der Waals surface area contributed by atoms with Crippen molar-refractivity contribution in [1.82, 2.24) is 4.90 Å². The van der Waals surface area contributed by atoms with Crippen molar-refractivity contribution in [2.24, 2.45) is 11.1 Å². The van der Waals surface area contributed by atoms with Crippen LogP contribution in [0.1, 0.15) is 45.0 Å². The predicted molar refractivity (Wildman–Crippen MR) is 89.8 cm³/mol. The van der Waals surface area contributed by atoms with Gasteiger partial charge in [0.1, 0.15) is 0 Å². The van der Waals surface area contributed by atoms with Gasteiger partial charge in [-0.2, -0.15) is 0 Å². The smallest absolute Gasteiger partial charge is 0.253 e. The molecule has 22 heavy (non-hydrogen) atoms. The highest BCUT2D eigenvalue weighted by atomic mass is 16.2. The van der Waals surface area contributed by atoms with Crippen molar-refractivity contribution in [3.8, 4) is 0 Å². The maximum Gasteiger partial charge on any atom is 0.253 e. The van der Waals surface area contributed by atoms with Crippen molar-refractivity contribution in [3.63, 3.8) is 0 Å². The maximum atomic E-state index is 12.3. The molecule has 0 spiro atoms. The summed E-state index contributed by atoms with van der Waals surface area (Å²) < 4.78 is 0. The molecular weight excluding hydrogens is 278 g/mol. The molecule has 0 bridgehead atoms. The minimum atomic E-state index is -0.616. The number of rotatable bonds is 5. The Morgan fingerprint density at radius 3 is 2.32 bits per heavy atom. The minimum Gasteiger partial charge on any atom is -0.339 e. The minimum absolute atomic E-state index is 0.0405. The Labute approximate surface area is 132 Å². The number of nitrogens with one attached hydrogen (secondary N) is 1. The largest absolute Gasteiger partial charge is 0.339 e. The molecule has 1 rings (SSSR count). The van der Waals surface area contributed by atoms with Crippen LogP contribution in [0, 0.1) is 5.41 Å².